The number of hydrogen-bond donors (Lipinski definition) is 1. The summed E-state index contributed by atoms with van der Waals surface area (Å²) in [5, 5.41) is 8.54. The topological polar surface area (TPSA) is 60.9 Å². The average molecular weight is 242 g/mol. The highest BCUT2D eigenvalue weighted by Crippen LogP contribution is 2.21. The second-order valence-corrected chi connectivity index (χ2v) is 4.60. The van der Waals surface area contributed by atoms with Crippen LogP contribution in [0.4, 0.5) is 4.79 Å². The third-order valence-corrected chi connectivity index (χ3v) is 3.30. The van der Waals surface area contributed by atoms with E-state index in [1.165, 1.54) is 0 Å². The lowest BCUT2D eigenvalue weighted by Crippen LogP contribution is -2.43. The molecule has 1 heterocycles. The number of carbonyl (C=O) groups is 2. The van der Waals surface area contributed by atoms with Crippen molar-refractivity contribution in [1.82, 2.24) is 9.80 Å². The van der Waals surface area contributed by atoms with Gasteiger partial charge in [0.05, 0.1) is 0 Å². The van der Waals surface area contributed by atoms with E-state index in [2.05, 4.69) is 6.92 Å². The maximum Gasteiger partial charge on any atom is 0.319 e. The third-order valence-electron chi connectivity index (χ3n) is 3.30. The first kappa shape index (κ1) is 13.8. The van der Waals surface area contributed by atoms with E-state index in [-0.39, 0.29) is 12.5 Å². The van der Waals surface area contributed by atoms with E-state index < -0.39 is 5.97 Å². The number of carboxylic acids is 1. The van der Waals surface area contributed by atoms with E-state index in [0.29, 0.717) is 19.0 Å². The Morgan fingerprint density at radius 1 is 1.47 bits per heavy atom. The van der Waals surface area contributed by atoms with Gasteiger partial charge in [-0.2, -0.15) is 0 Å². The lowest BCUT2D eigenvalue weighted by molar-refractivity contribution is -0.137. The van der Waals surface area contributed by atoms with Gasteiger partial charge in [-0.3, -0.25) is 4.79 Å². The molecule has 0 saturated carbocycles. The molecule has 5 nitrogen and oxygen atoms in total. The Morgan fingerprint density at radius 3 is 2.76 bits per heavy atom. The Balaban J connectivity index is 2.37. The number of aliphatic carboxylic acids is 1. The maximum absolute atomic E-state index is 12.1. The molecule has 0 aromatic heterocycles. The summed E-state index contributed by atoms with van der Waals surface area (Å²) in [6, 6.07) is 0.407. The first-order chi connectivity index (χ1) is 8.06. The summed E-state index contributed by atoms with van der Waals surface area (Å²) in [6.45, 7) is 3.44. The number of likely N-dealkylation sites (tertiary alicyclic amines) is 1. The van der Waals surface area contributed by atoms with E-state index in [0.717, 1.165) is 25.8 Å². The highest BCUT2D eigenvalue weighted by molar-refractivity contribution is 5.75. The van der Waals surface area contributed by atoms with Crippen LogP contribution in [0.5, 0.6) is 0 Å². The zero-order chi connectivity index (χ0) is 12.8. The van der Waals surface area contributed by atoms with Crippen molar-refractivity contribution in [3.05, 3.63) is 0 Å². The quantitative estimate of drug-likeness (QED) is 0.799. The van der Waals surface area contributed by atoms with E-state index in [4.69, 9.17) is 5.11 Å². The molecule has 0 aromatic rings. The minimum absolute atomic E-state index is 0.0414. The van der Waals surface area contributed by atoms with Gasteiger partial charge in [0.25, 0.3) is 0 Å². The molecule has 1 saturated heterocycles. The van der Waals surface area contributed by atoms with Gasteiger partial charge in [0.15, 0.2) is 0 Å². The van der Waals surface area contributed by atoms with Crippen LogP contribution in [0.3, 0.4) is 0 Å². The molecule has 0 spiro atoms. The Kier molecular flexibility index (Phi) is 5.25. The third kappa shape index (κ3) is 3.91. The summed E-state index contributed by atoms with van der Waals surface area (Å²) in [6.07, 6.45) is 3.80. The van der Waals surface area contributed by atoms with Gasteiger partial charge in [-0.1, -0.05) is 6.92 Å². The van der Waals surface area contributed by atoms with Crippen LogP contribution in [0.1, 0.15) is 39.0 Å². The SMILES string of the molecule is CCC1CCCN1C(=O)N(C)CCCC(=O)O. The summed E-state index contributed by atoms with van der Waals surface area (Å²) in [5.74, 6) is -0.807. The predicted octanol–water partition coefficient (Wildman–Crippen LogP) is 1.78. The van der Waals surface area contributed by atoms with Crippen LogP contribution in [-0.2, 0) is 4.79 Å². The molecule has 17 heavy (non-hydrogen) atoms. The Bertz CT molecular complexity index is 281. The zero-order valence-electron chi connectivity index (χ0n) is 10.7. The molecule has 1 rings (SSSR count). The first-order valence-electron chi connectivity index (χ1n) is 6.29. The van der Waals surface area contributed by atoms with E-state index in [1.54, 1.807) is 11.9 Å². The lowest BCUT2D eigenvalue weighted by Gasteiger charge is -2.29. The summed E-state index contributed by atoms with van der Waals surface area (Å²) in [4.78, 5) is 26.0. The van der Waals surface area contributed by atoms with E-state index in [9.17, 15) is 9.59 Å². The smallest absolute Gasteiger partial charge is 0.319 e. The van der Waals surface area contributed by atoms with Crippen LogP contribution in [0.2, 0.25) is 0 Å². The van der Waals surface area contributed by atoms with E-state index in [1.807, 2.05) is 4.90 Å². The number of urea groups is 1. The molecule has 0 aliphatic carbocycles. The molecule has 5 heteroatoms. The van der Waals surface area contributed by atoms with Crippen LogP contribution in [0.15, 0.2) is 0 Å². The fraction of sp³-hybridized carbons (Fsp3) is 0.833. The van der Waals surface area contributed by atoms with Gasteiger partial charge in [0.2, 0.25) is 0 Å². The molecular formula is C12H22N2O3. The maximum atomic E-state index is 12.1. The van der Waals surface area contributed by atoms with Gasteiger partial charge in [0.1, 0.15) is 0 Å². The molecule has 1 fully saturated rings. The minimum Gasteiger partial charge on any atom is -0.481 e. The normalized spacial score (nSPS) is 19.4. The average Bonchev–Trinajstić information content (AvgIpc) is 2.75. The van der Waals surface area contributed by atoms with Gasteiger partial charge in [-0.05, 0) is 25.7 Å². The molecule has 1 aliphatic heterocycles. The van der Waals surface area contributed by atoms with Crippen LogP contribution in [0.25, 0.3) is 0 Å². The Hall–Kier alpha value is -1.26. The minimum atomic E-state index is -0.807. The molecule has 2 amide bonds. The molecule has 1 aliphatic rings. The highest BCUT2D eigenvalue weighted by atomic mass is 16.4. The molecular weight excluding hydrogens is 220 g/mol. The second kappa shape index (κ2) is 6.47. The van der Waals surface area contributed by atoms with Crippen molar-refractivity contribution in [1.29, 1.82) is 0 Å². The predicted molar refractivity (Wildman–Crippen MR) is 64.9 cm³/mol. The molecule has 0 bridgehead atoms. The highest BCUT2D eigenvalue weighted by Gasteiger charge is 2.28. The number of carboxylic acid groups (broad SMARTS) is 1. The summed E-state index contributed by atoms with van der Waals surface area (Å²) in [7, 11) is 1.75. The van der Waals surface area contributed by atoms with Crippen molar-refractivity contribution in [3.8, 4) is 0 Å². The number of rotatable bonds is 5. The Morgan fingerprint density at radius 2 is 2.18 bits per heavy atom. The summed E-state index contributed by atoms with van der Waals surface area (Å²) in [5.41, 5.74) is 0. The standard InChI is InChI=1S/C12H22N2O3/c1-3-10-6-4-9-14(10)12(17)13(2)8-5-7-11(15)16/h10H,3-9H2,1-2H3,(H,15,16). The van der Waals surface area contributed by atoms with Crippen molar-refractivity contribution in [2.45, 2.75) is 45.1 Å². The molecule has 1 atom stereocenters. The number of carbonyl (C=O) groups excluding carboxylic acids is 1. The van der Waals surface area contributed by atoms with Crippen LogP contribution < -0.4 is 0 Å². The van der Waals surface area contributed by atoms with Crippen LogP contribution in [-0.4, -0.2) is 53.1 Å². The van der Waals surface area contributed by atoms with Gasteiger partial charge in [-0.15, -0.1) is 0 Å². The van der Waals surface area contributed by atoms with Crippen LogP contribution >= 0.6 is 0 Å². The summed E-state index contributed by atoms with van der Waals surface area (Å²) >= 11 is 0. The van der Waals surface area contributed by atoms with Crippen molar-refractivity contribution >= 4 is 12.0 Å². The largest absolute Gasteiger partial charge is 0.481 e. The van der Waals surface area contributed by atoms with Crippen molar-refractivity contribution < 1.29 is 14.7 Å². The van der Waals surface area contributed by atoms with Crippen molar-refractivity contribution in [2.75, 3.05) is 20.1 Å². The zero-order valence-corrected chi connectivity index (χ0v) is 10.7. The lowest BCUT2D eigenvalue weighted by atomic mass is 10.2. The second-order valence-electron chi connectivity index (χ2n) is 4.60. The number of amides is 2. The van der Waals surface area contributed by atoms with Crippen LogP contribution in [0, 0.1) is 0 Å². The fourth-order valence-corrected chi connectivity index (χ4v) is 2.29. The summed E-state index contributed by atoms with van der Waals surface area (Å²) < 4.78 is 0. The fourth-order valence-electron chi connectivity index (χ4n) is 2.29. The van der Waals surface area contributed by atoms with Gasteiger partial charge in [-0.25, -0.2) is 4.79 Å². The number of nitrogens with zero attached hydrogens (tertiary/aromatic N) is 2. The molecule has 98 valence electrons. The molecule has 1 unspecified atom stereocenters. The first-order valence-corrected chi connectivity index (χ1v) is 6.29. The monoisotopic (exact) mass is 242 g/mol. The molecule has 0 radical (unpaired) electrons. The van der Waals surface area contributed by atoms with Gasteiger partial charge in [0, 0.05) is 32.6 Å². The van der Waals surface area contributed by atoms with Crippen molar-refractivity contribution in [2.24, 2.45) is 0 Å². The van der Waals surface area contributed by atoms with E-state index >= 15 is 0 Å². The van der Waals surface area contributed by atoms with Gasteiger partial charge >= 0.3 is 12.0 Å². The number of hydrogen-bond acceptors (Lipinski definition) is 2. The Labute approximate surface area is 102 Å². The molecule has 1 N–H and O–H groups in total. The van der Waals surface area contributed by atoms with Gasteiger partial charge < -0.3 is 14.9 Å². The van der Waals surface area contributed by atoms with Crippen molar-refractivity contribution in [3.63, 3.8) is 0 Å². The molecule has 0 aromatic carbocycles.